The topological polar surface area (TPSA) is 51.6 Å². The van der Waals surface area contributed by atoms with Crippen molar-refractivity contribution < 1.29 is 0 Å². The Balaban J connectivity index is 2.35. The van der Waals surface area contributed by atoms with Crippen LogP contribution in [0.15, 0.2) is 42.9 Å². The number of aromatic nitrogens is 4. The van der Waals surface area contributed by atoms with E-state index in [1.54, 1.807) is 18.6 Å². The van der Waals surface area contributed by atoms with E-state index in [0.29, 0.717) is 16.5 Å². The van der Waals surface area contributed by atoms with Gasteiger partial charge in [0, 0.05) is 23.2 Å². The molecule has 0 aliphatic heterocycles. The Kier molecular flexibility index (Phi) is 2.42. The molecule has 3 aromatic rings. The molecule has 0 radical (unpaired) electrons. The van der Waals surface area contributed by atoms with Crippen molar-refractivity contribution >= 4 is 22.4 Å². The first-order valence-electron chi connectivity index (χ1n) is 5.03. The van der Waals surface area contributed by atoms with E-state index in [-0.39, 0.29) is 0 Å². The van der Waals surface area contributed by atoms with Crippen LogP contribution >= 0.6 is 11.6 Å². The number of halogens is 1. The molecule has 0 aliphatic carbocycles. The average Bonchev–Trinajstić information content (AvgIpc) is 2.41. The maximum atomic E-state index is 6.01. The molecule has 0 amide bonds. The van der Waals surface area contributed by atoms with Gasteiger partial charge in [0.2, 0.25) is 0 Å². The summed E-state index contributed by atoms with van der Waals surface area (Å²) in [5.74, 6) is 0. The van der Waals surface area contributed by atoms with Gasteiger partial charge < -0.3 is 0 Å². The molecule has 0 atom stereocenters. The van der Waals surface area contributed by atoms with Crippen molar-refractivity contribution in [1.29, 1.82) is 0 Å². The van der Waals surface area contributed by atoms with Gasteiger partial charge >= 0.3 is 0 Å². The predicted molar refractivity (Wildman–Crippen MR) is 65.6 cm³/mol. The molecule has 0 aliphatic rings. The van der Waals surface area contributed by atoms with Gasteiger partial charge in [0.1, 0.15) is 11.4 Å². The lowest BCUT2D eigenvalue weighted by atomic mass is 10.1. The second-order valence-electron chi connectivity index (χ2n) is 3.48. The summed E-state index contributed by atoms with van der Waals surface area (Å²) >= 11 is 6.01. The Labute approximate surface area is 102 Å². The monoisotopic (exact) mass is 242 g/mol. The van der Waals surface area contributed by atoms with Crippen molar-refractivity contribution in [3.8, 4) is 11.4 Å². The summed E-state index contributed by atoms with van der Waals surface area (Å²) in [4.78, 5) is 8.25. The van der Waals surface area contributed by atoms with Gasteiger partial charge in [0.25, 0.3) is 0 Å². The summed E-state index contributed by atoms with van der Waals surface area (Å²) in [7, 11) is 0. The van der Waals surface area contributed by atoms with Gasteiger partial charge in [-0.15, -0.1) is 10.2 Å². The SMILES string of the molecule is Clc1nnc(-c2cnccn2)c2ccccc12. The van der Waals surface area contributed by atoms with Crippen LogP contribution in [0.3, 0.4) is 0 Å². The molecule has 3 rings (SSSR count). The van der Waals surface area contributed by atoms with Gasteiger partial charge in [-0.1, -0.05) is 35.9 Å². The normalized spacial score (nSPS) is 10.6. The van der Waals surface area contributed by atoms with Crippen LogP contribution in [0.25, 0.3) is 22.2 Å². The van der Waals surface area contributed by atoms with Gasteiger partial charge in [0.15, 0.2) is 5.15 Å². The van der Waals surface area contributed by atoms with Gasteiger partial charge in [-0.25, -0.2) is 0 Å². The molecule has 5 heteroatoms. The quantitative estimate of drug-likeness (QED) is 0.658. The van der Waals surface area contributed by atoms with Crippen LogP contribution in [-0.4, -0.2) is 20.2 Å². The molecule has 0 unspecified atom stereocenters. The van der Waals surface area contributed by atoms with Crippen LogP contribution in [0, 0.1) is 0 Å². The molecular weight excluding hydrogens is 236 g/mol. The molecule has 0 saturated carbocycles. The minimum Gasteiger partial charge on any atom is -0.261 e. The van der Waals surface area contributed by atoms with E-state index in [9.17, 15) is 0 Å². The third-order valence-electron chi connectivity index (χ3n) is 2.45. The molecular formula is C12H7ClN4. The summed E-state index contributed by atoms with van der Waals surface area (Å²) in [5, 5.41) is 10.2. The van der Waals surface area contributed by atoms with E-state index in [1.165, 1.54) is 0 Å². The Morgan fingerprint density at radius 1 is 0.941 bits per heavy atom. The van der Waals surface area contributed by atoms with Crippen LogP contribution in [0.1, 0.15) is 0 Å². The number of fused-ring (bicyclic) bond motifs is 1. The zero-order valence-electron chi connectivity index (χ0n) is 8.71. The lowest BCUT2D eigenvalue weighted by molar-refractivity contribution is 1.04. The lowest BCUT2D eigenvalue weighted by Gasteiger charge is -2.04. The fourth-order valence-electron chi connectivity index (χ4n) is 1.68. The first-order chi connectivity index (χ1) is 8.36. The minimum absolute atomic E-state index is 0.397. The van der Waals surface area contributed by atoms with Gasteiger partial charge in [-0.3, -0.25) is 9.97 Å². The summed E-state index contributed by atoms with van der Waals surface area (Å²) in [6.45, 7) is 0. The van der Waals surface area contributed by atoms with Crippen molar-refractivity contribution in [3.63, 3.8) is 0 Å². The average molecular weight is 243 g/mol. The molecule has 0 N–H and O–H groups in total. The molecule has 17 heavy (non-hydrogen) atoms. The van der Waals surface area contributed by atoms with Crippen LogP contribution in [0.2, 0.25) is 5.15 Å². The van der Waals surface area contributed by atoms with Crippen LogP contribution in [0.4, 0.5) is 0 Å². The summed E-state index contributed by atoms with van der Waals surface area (Å²) in [5.41, 5.74) is 1.38. The van der Waals surface area contributed by atoms with Gasteiger partial charge in [-0.2, -0.15) is 0 Å². The minimum atomic E-state index is 0.397. The van der Waals surface area contributed by atoms with E-state index in [1.807, 2.05) is 24.3 Å². The fourth-order valence-corrected chi connectivity index (χ4v) is 1.88. The Morgan fingerprint density at radius 2 is 1.76 bits per heavy atom. The molecule has 0 saturated heterocycles. The van der Waals surface area contributed by atoms with Crippen molar-refractivity contribution in [2.24, 2.45) is 0 Å². The maximum absolute atomic E-state index is 6.01. The van der Waals surface area contributed by atoms with E-state index < -0.39 is 0 Å². The number of hydrogen-bond acceptors (Lipinski definition) is 4. The highest BCUT2D eigenvalue weighted by Gasteiger charge is 2.09. The van der Waals surface area contributed by atoms with Crippen LogP contribution in [0.5, 0.6) is 0 Å². The molecule has 1 aromatic carbocycles. The van der Waals surface area contributed by atoms with E-state index >= 15 is 0 Å². The number of nitrogens with zero attached hydrogens (tertiary/aromatic N) is 4. The van der Waals surface area contributed by atoms with Crippen molar-refractivity contribution in [1.82, 2.24) is 20.2 Å². The third kappa shape index (κ3) is 1.72. The van der Waals surface area contributed by atoms with Gasteiger partial charge in [-0.05, 0) is 0 Å². The lowest BCUT2D eigenvalue weighted by Crippen LogP contribution is -1.93. The number of benzene rings is 1. The molecule has 0 bridgehead atoms. The van der Waals surface area contributed by atoms with Crippen LogP contribution in [-0.2, 0) is 0 Å². The Bertz CT molecular complexity index is 670. The molecule has 4 nitrogen and oxygen atoms in total. The van der Waals surface area contributed by atoms with E-state index in [4.69, 9.17) is 11.6 Å². The zero-order chi connectivity index (χ0) is 11.7. The largest absolute Gasteiger partial charge is 0.261 e. The molecule has 0 fully saturated rings. The third-order valence-corrected chi connectivity index (χ3v) is 2.73. The smallest absolute Gasteiger partial charge is 0.159 e. The molecule has 82 valence electrons. The predicted octanol–water partition coefficient (Wildman–Crippen LogP) is 2.74. The molecule has 0 spiro atoms. The first-order valence-corrected chi connectivity index (χ1v) is 5.41. The second kappa shape index (κ2) is 4.07. The Hall–Kier alpha value is -2.07. The summed E-state index contributed by atoms with van der Waals surface area (Å²) in [6, 6.07) is 7.70. The van der Waals surface area contributed by atoms with Crippen molar-refractivity contribution in [2.45, 2.75) is 0 Å². The zero-order valence-corrected chi connectivity index (χ0v) is 9.46. The highest BCUT2D eigenvalue weighted by atomic mass is 35.5. The highest BCUT2D eigenvalue weighted by Crippen LogP contribution is 2.27. The number of rotatable bonds is 1. The van der Waals surface area contributed by atoms with Crippen LogP contribution < -0.4 is 0 Å². The molecule has 2 heterocycles. The van der Waals surface area contributed by atoms with E-state index in [2.05, 4.69) is 20.2 Å². The van der Waals surface area contributed by atoms with E-state index in [0.717, 1.165) is 10.8 Å². The maximum Gasteiger partial charge on any atom is 0.159 e. The summed E-state index contributed by atoms with van der Waals surface area (Å²) in [6.07, 6.45) is 4.90. The fraction of sp³-hybridized carbons (Fsp3) is 0. The standard InChI is InChI=1S/C12H7ClN4/c13-12-9-4-2-1-3-8(9)11(16-17-12)10-7-14-5-6-15-10/h1-7H. The highest BCUT2D eigenvalue weighted by molar-refractivity contribution is 6.34. The summed E-state index contributed by atoms with van der Waals surface area (Å²) < 4.78 is 0. The molecule has 2 aromatic heterocycles. The van der Waals surface area contributed by atoms with Crippen molar-refractivity contribution in [3.05, 3.63) is 48.0 Å². The first kappa shape index (κ1) is 10.1. The van der Waals surface area contributed by atoms with Gasteiger partial charge in [0.05, 0.1) is 6.20 Å². The van der Waals surface area contributed by atoms with Crippen molar-refractivity contribution in [2.75, 3.05) is 0 Å². The number of hydrogen-bond donors (Lipinski definition) is 0. The Morgan fingerprint density at radius 3 is 2.53 bits per heavy atom. The second-order valence-corrected chi connectivity index (χ2v) is 3.83.